The topological polar surface area (TPSA) is 108 Å². The molecule has 174 valence electrons. The van der Waals surface area contributed by atoms with Gasteiger partial charge in [0.05, 0.1) is 6.10 Å². The smallest absolute Gasteiger partial charge is 0.405 e. The molecule has 7 nitrogen and oxygen atoms in total. The number of esters is 1. The molecule has 0 aliphatic rings. The SMILES string of the molecule is CC(C)(C)OC(N)=O.CCC(=O)OC(C)CC(CC)CCOC.Oc1ccccc1. The minimum atomic E-state index is -0.725. The Kier molecular flexibility index (Phi) is 17.5. The number of ether oxygens (including phenoxy) is 3. The van der Waals surface area contributed by atoms with Crippen LogP contribution in [0.5, 0.6) is 5.75 Å². The van der Waals surface area contributed by atoms with Gasteiger partial charge in [-0.15, -0.1) is 0 Å². The number of amides is 1. The Morgan fingerprint density at radius 2 is 1.70 bits per heavy atom. The van der Waals surface area contributed by atoms with Crippen molar-refractivity contribution in [1.29, 1.82) is 0 Å². The summed E-state index contributed by atoms with van der Waals surface area (Å²) in [6.07, 6.45) is 2.85. The number of primary amides is 1. The molecule has 1 aromatic carbocycles. The van der Waals surface area contributed by atoms with Crippen LogP contribution in [0, 0.1) is 5.92 Å². The van der Waals surface area contributed by atoms with E-state index in [2.05, 4.69) is 11.7 Å². The maximum Gasteiger partial charge on any atom is 0.405 e. The third kappa shape index (κ3) is 22.0. The minimum Gasteiger partial charge on any atom is -0.508 e. The van der Waals surface area contributed by atoms with Crippen molar-refractivity contribution in [3.63, 3.8) is 0 Å². The van der Waals surface area contributed by atoms with Gasteiger partial charge in [-0.05, 0) is 58.6 Å². The van der Waals surface area contributed by atoms with E-state index in [1.165, 1.54) is 0 Å². The summed E-state index contributed by atoms with van der Waals surface area (Å²) in [5.41, 5.74) is 4.26. The Bertz CT molecular complexity index is 557. The van der Waals surface area contributed by atoms with Gasteiger partial charge in [0.15, 0.2) is 0 Å². The molecule has 0 fully saturated rings. The van der Waals surface area contributed by atoms with Crippen LogP contribution < -0.4 is 5.73 Å². The average molecular weight is 428 g/mol. The van der Waals surface area contributed by atoms with Gasteiger partial charge < -0.3 is 25.1 Å². The number of carbonyl (C=O) groups excluding carboxylic acids is 2. The summed E-state index contributed by atoms with van der Waals surface area (Å²) in [6, 6.07) is 8.71. The zero-order valence-electron chi connectivity index (χ0n) is 19.6. The first-order valence-electron chi connectivity index (χ1n) is 10.4. The van der Waals surface area contributed by atoms with Gasteiger partial charge in [-0.1, -0.05) is 38.5 Å². The molecule has 0 saturated heterocycles. The third-order valence-corrected chi connectivity index (χ3v) is 3.76. The Labute approximate surface area is 181 Å². The number of nitrogens with two attached hydrogens (primary N) is 1. The number of aromatic hydroxyl groups is 1. The summed E-state index contributed by atoms with van der Waals surface area (Å²) in [5.74, 6) is 0.802. The van der Waals surface area contributed by atoms with Gasteiger partial charge in [0, 0.05) is 20.1 Å². The summed E-state index contributed by atoms with van der Waals surface area (Å²) < 4.78 is 14.9. The monoisotopic (exact) mass is 427 g/mol. The molecule has 7 heteroatoms. The maximum atomic E-state index is 11.1. The van der Waals surface area contributed by atoms with Crippen molar-refractivity contribution < 1.29 is 28.9 Å². The van der Waals surface area contributed by atoms with Crippen molar-refractivity contribution >= 4 is 12.1 Å². The van der Waals surface area contributed by atoms with E-state index in [1.54, 1.807) is 52.1 Å². The second-order valence-electron chi connectivity index (χ2n) is 7.81. The molecule has 2 atom stereocenters. The highest BCUT2D eigenvalue weighted by molar-refractivity contribution is 5.69. The minimum absolute atomic E-state index is 0.0271. The fourth-order valence-corrected chi connectivity index (χ4v) is 2.33. The van der Waals surface area contributed by atoms with Gasteiger partial charge in [0.25, 0.3) is 0 Å². The van der Waals surface area contributed by atoms with Crippen LogP contribution in [0.3, 0.4) is 0 Å². The molecule has 0 radical (unpaired) electrons. The van der Waals surface area contributed by atoms with Crippen LogP contribution >= 0.6 is 0 Å². The molecule has 1 rings (SSSR count). The number of benzene rings is 1. The van der Waals surface area contributed by atoms with Crippen molar-refractivity contribution in [1.82, 2.24) is 0 Å². The summed E-state index contributed by atoms with van der Waals surface area (Å²) in [5, 5.41) is 8.63. The Morgan fingerprint density at radius 1 is 1.13 bits per heavy atom. The largest absolute Gasteiger partial charge is 0.508 e. The van der Waals surface area contributed by atoms with E-state index in [-0.39, 0.29) is 12.1 Å². The lowest BCUT2D eigenvalue weighted by Crippen LogP contribution is -2.27. The molecule has 1 aromatic rings. The number of carbonyl (C=O) groups is 2. The molecule has 0 aromatic heterocycles. The molecule has 0 saturated carbocycles. The van der Waals surface area contributed by atoms with E-state index in [0.717, 1.165) is 25.9 Å². The second-order valence-corrected chi connectivity index (χ2v) is 7.81. The van der Waals surface area contributed by atoms with Gasteiger partial charge in [0.1, 0.15) is 11.4 Å². The molecule has 0 spiro atoms. The lowest BCUT2D eigenvalue weighted by Gasteiger charge is -2.19. The highest BCUT2D eigenvalue weighted by Gasteiger charge is 2.14. The third-order valence-electron chi connectivity index (χ3n) is 3.76. The summed E-state index contributed by atoms with van der Waals surface area (Å²) in [7, 11) is 1.72. The van der Waals surface area contributed by atoms with Crippen LogP contribution in [-0.4, -0.2) is 42.6 Å². The number of para-hydroxylation sites is 1. The molecule has 2 unspecified atom stereocenters. The number of phenols is 1. The molecular formula is C23H41NO6. The Balaban J connectivity index is 0. The number of rotatable bonds is 8. The van der Waals surface area contributed by atoms with E-state index in [1.807, 2.05) is 19.9 Å². The summed E-state index contributed by atoms with van der Waals surface area (Å²) in [4.78, 5) is 21.1. The Morgan fingerprint density at radius 3 is 2.00 bits per heavy atom. The molecule has 3 N–H and O–H groups in total. The van der Waals surface area contributed by atoms with Crippen LogP contribution in [-0.2, 0) is 19.0 Å². The molecule has 30 heavy (non-hydrogen) atoms. The molecule has 0 aliphatic carbocycles. The van der Waals surface area contributed by atoms with Crippen molar-refractivity contribution in [3.8, 4) is 5.75 Å². The lowest BCUT2D eigenvalue weighted by atomic mass is 9.96. The second kappa shape index (κ2) is 17.6. The molecule has 1 amide bonds. The molecular weight excluding hydrogens is 386 g/mol. The Hall–Kier alpha value is -2.28. The van der Waals surface area contributed by atoms with Gasteiger partial charge in [-0.25, -0.2) is 4.79 Å². The van der Waals surface area contributed by atoms with E-state index in [4.69, 9.17) is 20.3 Å². The first-order valence-corrected chi connectivity index (χ1v) is 10.4. The normalized spacial score (nSPS) is 12.2. The first-order chi connectivity index (χ1) is 13.9. The van der Waals surface area contributed by atoms with Gasteiger partial charge in [-0.3, -0.25) is 4.79 Å². The zero-order valence-corrected chi connectivity index (χ0v) is 19.6. The number of methoxy groups -OCH3 is 1. The van der Waals surface area contributed by atoms with Crippen molar-refractivity contribution in [2.75, 3.05) is 13.7 Å². The fraction of sp³-hybridized carbons (Fsp3) is 0.652. The van der Waals surface area contributed by atoms with Crippen LogP contribution in [0.15, 0.2) is 30.3 Å². The van der Waals surface area contributed by atoms with Crippen molar-refractivity contribution in [2.24, 2.45) is 11.7 Å². The zero-order chi connectivity index (χ0) is 23.6. The van der Waals surface area contributed by atoms with Crippen LogP contribution in [0.2, 0.25) is 0 Å². The first kappa shape index (κ1) is 29.9. The van der Waals surface area contributed by atoms with Crippen LogP contribution in [0.4, 0.5) is 4.79 Å². The number of phenolic OH excluding ortho intramolecular Hbond substituents is 1. The number of hydrogen-bond acceptors (Lipinski definition) is 6. The van der Waals surface area contributed by atoms with Crippen molar-refractivity contribution in [3.05, 3.63) is 30.3 Å². The predicted octanol–water partition coefficient (Wildman–Crippen LogP) is 5.05. The van der Waals surface area contributed by atoms with Crippen LogP contribution in [0.1, 0.15) is 67.2 Å². The van der Waals surface area contributed by atoms with E-state index in [0.29, 0.717) is 18.1 Å². The van der Waals surface area contributed by atoms with E-state index >= 15 is 0 Å². The highest BCUT2D eigenvalue weighted by atomic mass is 16.6. The predicted molar refractivity (Wildman–Crippen MR) is 119 cm³/mol. The van der Waals surface area contributed by atoms with Gasteiger partial charge >= 0.3 is 12.1 Å². The van der Waals surface area contributed by atoms with Gasteiger partial charge in [0.2, 0.25) is 0 Å². The van der Waals surface area contributed by atoms with E-state index in [9.17, 15) is 9.59 Å². The average Bonchev–Trinajstić information content (AvgIpc) is 2.64. The van der Waals surface area contributed by atoms with Crippen LogP contribution in [0.25, 0.3) is 0 Å². The molecule has 0 heterocycles. The van der Waals surface area contributed by atoms with Gasteiger partial charge in [-0.2, -0.15) is 0 Å². The highest BCUT2D eigenvalue weighted by Crippen LogP contribution is 2.17. The fourth-order valence-electron chi connectivity index (χ4n) is 2.33. The maximum absolute atomic E-state index is 11.1. The van der Waals surface area contributed by atoms with E-state index < -0.39 is 11.7 Å². The quantitative estimate of drug-likeness (QED) is 0.562. The summed E-state index contributed by atoms with van der Waals surface area (Å²) in [6.45, 7) is 12.0. The van der Waals surface area contributed by atoms with Crippen molar-refractivity contribution in [2.45, 2.75) is 78.9 Å². The molecule has 0 aliphatic heterocycles. The molecule has 0 bridgehead atoms. The lowest BCUT2D eigenvalue weighted by molar-refractivity contribution is -0.148. The standard InChI is InChI=1S/C12H24O3.C6H6O.C5H11NO2/c1-5-11(7-8-14-4)9-10(3)15-12(13)6-2;7-6-4-2-1-3-5-6;1-5(2,3)8-4(6)7/h10-11H,5-9H2,1-4H3;1-5,7H;1-3H3,(H2,6,7). The number of hydrogen-bond donors (Lipinski definition) is 2. The summed E-state index contributed by atoms with van der Waals surface area (Å²) >= 11 is 0.